The average molecular weight is 307 g/mol. The second-order valence-corrected chi connectivity index (χ2v) is 6.38. The first-order valence-electron chi connectivity index (χ1n) is 7.66. The Morgan fingerprint density at radius 2 is 1.82 bits per heavy atom. The summed E-state index contributed by atoms with van der Waals surface area (Å²) in [4.78, 5) is 13.9. The quantitative estimate of drug-likeness (QED) is 0.724. The largest absolute Gasteiger partial charge is 0.497 e. The van der Waals surface area contributed by atoms with Crippen LogP contribution in [-0.4, -0.2) is 51.8 Å². The van der Waals surface area contributed by atoms with E-state index in [-0.39, 0.29) is 11.4 Å². The lowest BCUT2D eigenvalue weighted by Crippen LogP contribution is -2.42. The van der Waals surface area contributed by atoms with E-state index in [2.05, 4.69) is 29.4 Å². The number of methoxy groups -OCH3 is 1. The van der Waals surface area contributed by atoms with E-state index < -0.39 is 0 Å². The molecule has 2 N–H and O–H groups in total. The van der Waals surface area contributed by atoms with E-state index in [1.807, 2.05) is 38.4 Å². The maximum Gasteiger partial charge on any atom is 0.314 e. The van der Waals surface area contributed by atoms with E-state index in [4.69, 9.17) is 4.74 Å². The minimum atomic E-state index is -0.132. The third-order valence-corrected chi connectivity index (χ3v) is 3.63. The van der Waals surface area contributed by atoms with Crippen LogP contribution in [0.15, 0.2) is 24.3 Å². The molecule has 0 saturated heterocycles. The highest BCUT2D eigenvalue weighted by molar-refractivity contribution is 5.73. The Labute approximate surface area is 134 Å². The molecule has 0 aromatic heterocycles. The van der Waals surface area contributed by atoms with Crippen molar-refractivity contribution in [2.45, 2.75) is 25.7 Å². The van der Waals surface area contributed by atoms with E-state index in [0.29, 0.717) is 13.1 Å². The van der Waals surface area contributed by atoms with Gasteiger partial charge in [0.2, 0.25) is 0 Å². The van der Waals surface area contributed by atoms with E-state index in [1.165, 1.54) is 5.56 Å². The summed E-state index contributed by atoms with van der Waals surface area (Å²) in [7, 11) is 5.71. The maximum absolute atomic E-state index is 11.8. The van der Waals surface area contributed by atoms with Gasteiger partial charge >= 0.3 is 6.03 Å². The number of urea groups is 1. The van der Waals surface area contributed by atoms with Gasteiger partial charge in [-0.25, -0.2) is 4.79 Å². The minimum Gasteiger partial charge on any atom is -0.497 e. The van der Waals surface area contributed by atoms with Crippen molar-refractivity contribution in [1.29, 1.82) is 0 Å². The van der Waals surface area contributed by atoms with Crippen molar-refractivity contribution in [2.24, 2.45) is 0 Å². The molecule has 0 radical (unpaired) electrons. The normalized spacial score (nSPS) is 11.4. The first-order valence-corrected chi connectivity index (χ1v) is 7.66. The Morgan fingerprint density at radius 3 is 2.36 bits per heavy atom. The molecule has 124 valence electrons. The molecule has 0 fully saturated rings. The number of amides is 2. The lowest BCUT2D eigenvalue weighted by atomic mass is 9.84. The summed E-state index contributed by atoms with van der Waals surface area (Å²) in [5.74, 6) is 0.839. The Bertz CT molecular complexity index is 455. The van der Waals surface area contributed by atoms with Crippen molar-refractivity contribution in [3.8, 4) is 5.75 Å². The van der Waals surface area contributed by atoms with Gasteiger partial charge in [0, 0.05) is 18.5 Å². The fourth-order valence-electron chi connectivity index (χ4n) is 2.11. The Balaban J connectivity index is 2.39. The van der Waals surface area contributed by atoms with E-state index in [0.717, 1.165) is 18.7 Å². The number of ether oxygens (including phenoxy) is 1. The summed E-state index contributed by atoms with van der Waals surface area (Å²) in [6, 6.07) is 7.85. The molecule has 5 nitrogen and oxygen atoms in total. The van der Waals surface area contributed by atoms with Crippen molar-refractivity contribution in [3.63, 3.8) is 0 Å². The lowest BCUT2D eigenvalue weighted by Gasteiger charge is -2.26. The molecule has 5 heteroatoms. The van der Waals surface area contributed by atoms with Crippen molar-refractivity contribution in [1.82, 2.24) is 15.5 Å². The van der Waals surface area contributed by atoms with Gasteiger partial charge in [0.25, 0.3) is 0 Å². The van der Waals surface area contributed by atoms with Gasteiger partial charge in [-0.1, -0.05) is 26.0 Å². The molecule has 1 aromatic rings. The molecule has 0 aliphatic carbocycles. The van der Waals surface area contributed by atoms with Crippen molar-refractivity contribution in [2.75, 3.05) is 40.8 Å². The monoisotopic (exact) mass is 307 g/mol. The van der Waals surface area contributed by atoms with Crippen molar-refractivity contribution in [3.05, 3.63) is 29.8 Å². The fourth-order valence-corrected chi connectivity index (χ4v) is 2.11. The van der Waals surface area contributed by atoms with Crippen LogP contribution in [0.5, 0.6) is 5.75 Å². The molecule has 0 unspecified atom stereocenters. The van der Waals surface area contributed by atoms with Gasteiger partial charge in [-0.3, -0.25) is 0 Å². The zero-order valence-electron chi connectivity index (χ0n) is 14.4. The molecule has 0 aliphatic heterocycles. The molecule has 0 heterocycles. The van der Waals surface area contributed by atoms with Crippen LogP contribution in [-0.2, 0) is 5.41 Å². The summed E-state index contributed by atoms with van der Waals surface area (Å²) in [5.41, 5.74) is 1.04. The second kappa shape index (κ2) is 8.63. The molecule has 0 bridgehead atoms. The van der Waals surface area contributed by atoms with E-state index in [9.17, 15) is 4.79 Å². The molecular formula is C17H29N3O2. The molecule has 0 saturated carbocycles. The van der Waals surface area contributed by atoms with Crippen LogP contribution >= 0.6 is 0 Å². The predicted octanol–water partition coefficient (Wildman–Crippen LogP) is 2.22. The standard InChI is InChI=1S/C17H29N3O2/c1-17(2,14-7-9-15(22-5)10-8-14)13-19-16(21)18-11-6-12-20(3)4/h7-10H,6,11-13H2,1-5H3,(H2,18,19,21). The highest BCUT2D eigenvalue weighted by atomic mass is 16.5. The molecule has 0 atom stereocenters. The SMILES string of the molecule is COc1ccc(C(C)(C)CNC(=O)NCCCN(C)C)cc1. The average Bonchev–Trinajstić information content (AvgIpc) is 2.49. The fraction of sp³-hybridized carbons (Fsp3) is 0.588. The van der Waals surface area contributed by atoms with Gasteiger partial charge in [0.15, 0.2) is 0 Å². The highest BCUT2D eigenvalue weighted by Crippen LogP contribution is 2.24. The summed E-state index contributed by atoms with van der Waals surface area (Å²) >= 11 is 0. The summed E-state index contributed by atoms with van der Waals surface area (Å²) in [6.07, 6.45) is 0.947. The van der Waals surface area contributed by atoms with Gasteiger partial charge in [0.1, 0.15) is 5.75 Å². The zero-order chi connectivity index (χ0) is 16.6. The highest BCUT2D eigenvalue weighted by Gasteiger charge is 2.21. The van der Waals surface area contributed by atoms with Gasteiger partial charge in [-0.2, -0.15) is 0 Å². The number of hydrogen-bond donors (Lipinski definition) is 2. The zero-order valence-corrected chi connectivity index (χ0v) is 14.4. The molecular weight excluding hydrogens is 278 g/mol. The molecule has 2 amide bonds. The Morgan fingerprint density at radius 1 is 1.18 bits per heavy atom. The van der Waals surface area contributed by atoms with Gasteiger partial charge < -0.3 is 20.3 Å². The first-order chi connectivity index (χ1) is 10.3. The topological polar surface area (TPSA) is 53.6 Å². The van der Waals surface area contributed by atoms with E-state index >= 15 is 0 Å². The number of nitrogens with zero attached hydrogens (tertiary/aromatic N) is 1. The number of nitrogens with one attached hydrogen (secondary N) is 2. The third kappa shape index (κ3) is 6.35. The Kier molecular flexibility index (Phi) is 7.18. The lowest BCUT2D eigenvalue weighted by molar-refractivity contribution is 0.237. The molecule has 22 heavy (non-hydrogen) atoms. The summed E-state index contributed by atoms with van der Waals surface area (Å²) in [6.45, 7) is 6.46. The maximum atomic E-state index is 11.8. The smallest absolute Gasteiger partial charge is 0.314 e. The number of carbonyl (C=O) groups is 1. The van der Waals surface area contributed by atoms with Crippen LogP contribution in [0.4, 0.5) is 4.79 Å². The predicted molar refractivity (Wildman–Crippen MR) is 90.6 cm³/mol. The van der Waals surface area contributed by atoms with Crippen LogP contribution < -0.4 is 15.4 Å². The van der Waals surface area contributed by atoms with Crippen LogP contribution in [0, 0.1) is 0 Å². The summed E-state index contributed by atoms with van der Waals surface area (Å²) in [5, 5.41) is 5.83. The third-order valence-electron chi connectivity index (χ3n) is 3.63. The van der Waals surface area contributed by atoms with Crippen molar-refractivity contribution < 1.29 is 9.53 Å². The van der Waals surface area contributed by atoms with Crippen LogP contribution in [0.2, 0.25) is 0 Å². The second-order valence-electron chi connectivity index (χ2n) is 6.38. The van der Waals surface area contributed by atoms with Crippen molar-refractivity contribution >= 4 is 6.03 Å². The molecule has 1 aromatic carbocycles. The van der Waals surface area contributed by atoms with Crippen LogP contribution in [0.1, 0.15) is 25.8 Å². The summed E-state index contributed by atoms with van der Waals surface area (Å²) < 4.78 is 5.17. The molecule has 0 aliphatic rings. The number of hydrogen-bond acceptors (Lipinski definition) is 3. The number of benzene rings is 1. The van der Waals surface area contributed by atoms with Crippen LogP contribution in [0.25, 0.3) is 0 Å². The van der Waals surface area contributed by atoms with Gasteiger partial charge in [-0.15, -0.1) is 0 Å². The minimum absolute atomic E-state index is 0.111. The number of rotatable bonds is 8. The molecule has 0 spiro atoms. The van der Waals surface area contributed by atoms with Crippen LogP contribution in [0.3, 0.4) is 0 Å². The Hall–Kier alpha value is -1.75. The first kappa shape index (κ1) is 18.3. The van der Waals surface area contributed by atoms with Gasteiger partial charge in [0.05, 0.1) is 7.11 Å². The molecule has 1 rings (SSSR count). The number of carbonyl (C=O) groups excluding carboxylic acids is 1. The van der Waals surface area contributed by atoms with E-state index in [1.54, 1.807) is 7.11 Å². The van der Waals surface area contributed by atoms with Gasteiger partial charge in [-0.05, 0) is 44.8 Å².